The van der Waals surface area contributed by atoms with Crippen molar-refractivity contribution in [1.29, 1.82) is 0 Å². The van der Waals surface area contributed by atoms with E-state index < -0.39 is 11.7 Å². The van der Waals surface area contributed by atoms with Crippen molar-refractivity contribution in [2.75, 3.05) is 0 Å². The summed E-state index contributed by atoms with van der Waals surface area (Å²) in [4.78, 5) is 0. The number of aliphatic hydroxyl groups excluding tert-OH is 1. The molecule has 0 aliphatic heterocycles. The minimum atomic E-state index is -4.34. The molecule has 3 nitrogen and oxygen atoms in total. The van der Waals surface area contributed by atoms with E-state index in [0.29, 0.717) is 23.6 Å². The molecule has 0 aliphatic carbocycles. The summed E-state index contributed by atoms with van der Waals surface area (Å²) in [6, 6.07) is 8.36. The van der Waals surface area contributed by atoms with Gasteiger partial charge in [0.25, 0.3) is 0 Å². The first-order chi connectivity index (χ1) is 9.90. The summed E-state index contributed by atoms with van der Waals surface area (Å²) >= 11 is 0. The number of benzene rings is 1. The van der Waals surface area contributed by atoms with Gasteiger partial charge in [0.15, 0.2) is 0 Å². The van der Waals surface area contributed by atoms with Crippen LogP contribution in [0.3, 0.4) is 0 Å². The Balaban J connectivity index is 2.01. The fraction of sp³-hybridized carbons (Fsp3) is 0.333. The van der Waals surface area contributed by atoms with E-state index in [2.05, 4.69) is 5.32 Å². The van der Waals surface area contributed by atoms with E-state index in [1.165, 1.54) is 6.07 Å². The lowest BCUT2D eigenvalue weighted by molar-refractivity contribution is -0.137. The lowest BCUT2D eigenvalue weighted by atomic mass is 10.0. The molecule has 0 aliphatic rings. The minimum Gasteiger partial charge on any atom is -0.462 e. The van der Waals surface area contributed by atoms with E-state index in [4.69, 9.17) is 9.52 Å². The lowest BCUT2D eigenvalue weighted by Gasteiger charge is -2.15. The van der Waals surface area contributed by atoms with Crippen LogP contribution in [0.4, 0.5) is 13.2 Å². The molecule has 0 spiro atoms. The first-order valence-electron chi connectivity index (χ1n) is 6.49. The number of nitrogens with one attached hydrogen (secondary N) is 1. The summed E-state index contributed by atoms with van der Waals surface area (Å²) in [6.07, 6.45) is -4.34. The fourth-order valence-electron chi connectivity index (χ4n) is 1.96. The summed E-state index contributed by atoms with van der Waals surface area (Å²) in [5.74, 6) is 1.08. The third kappa shape index (κ3) is 4.09. The first kappa shape index (κ1) is 15.6. The Morgan fingerprint density at radius 2 is 1.90 bits per heavy atom. The van der Waals surface area contributed by atoms with Crippen LogP contribution in [-0.2, 0) is 19.3 Å². The monoisotopic (exact) mass is 299 g/mol. The van der Waals surface area contributed by atoms with Gasteiger partial charge < -0.3 is 14.8 Å². The molecule has 2 N–H and O–H groups in total. The molecule has 0 amide bonds. The van der Waals surface area contributed by atoms with Crippen LogP contribution in [0, 0.1) is 0 Å². The second-order valence-corrected chi connectivity index (χ2v) is 4.75. The molecule has 2 aromatic rings. The standard InChI is InChI=1S/C15H16F3NO2/c1-10(19-8-13-5-6-14(9-20)21-13)11-3-2-4-12(7-11)15(16,17)18/h2-7,10,19-20H,8-9H2,1H3. The van der Waals surface area contributed by atoms with Gasteiger partial charge >= 0.3 is 6.18 Å². The SMILES string of the molecule is CC(NCc1ccc(CO)o1)c1cccc(C(F)(F)F)c1. The van der Waals surface area contributed by atoms with E-state index in [9.17, 15) is 13.2 Å². The molecule has 0 radical (unpaired) electrons. The van der Waals surface area contributed by atoms with Crippen LogP contribution in [0.1, 0.15) is 35.6 Å². The lowest BCUT2D eigenvalue weighted by Crippen LogP contribution is -2.18. The summed E-state index contributed by atoms with van der Waals surface area (Å²) in [7, 11) is 0. The topological polar surface area (TPSA) is 45.4 Å². The molecule has 21 heavy (non-hydrogen) atoms. The van der Waals surface area contributed by atoms with Crippen LogP contribution in [-0.4, -0.2) is 5.11 Å². The van der Waals surface area contributed by atoms with Gasteiger partial charge in [0.2, 0.25) is 0 Å². The predicted octanol–water partition coefficient (Wildman–Crippen LogP) is 3.64. The molecule has 1 atom stereocenters. The van der Waals surface area contributed by atoms with Crippen molar-refractivity contribution in [1.82, 2.24) is 5.32 Å². The van der Waals surface area contributed by atoms with Crippen LogP contribution >= 0.6 is 0 Å². The average Bonchev–Trinajstić information content (AvgIpc) is 2.92. The van der Waals surface area contributed by atoms with Gasteiger partial charge in [0.05, 0.1) is 12.1 Å². The maximum absolute atomic E-state index is 12.7. The fourth-order valence-corrected chi connectivity index (χ4v) is 1.96. The van der Waals surface area contributed by atoms with Gasteiger partial charge in [-0.3, -0.25) is 0 Å². The molecular formula is C15H16F3NO2. The van der Waals surface area contributed by atoms with Crippen LogP contribution in [0.25, 0.3) is 0 Å². The molecule has 1 aromatic carbocycles. The Bertz CT molecular complexity index is 593. The van der Waals surface area contributed by atoms with E-state index in [1.807, 2.05) is 0 Å². The molecule has 1 heterocycles. The predicted molar refractivity (Wildman–Crippen MR) is 71.3 cm³/mol. The molecule has 2 rings (SSSR count). The number of alkyl halides is 3. The molecular weight excluding hydrogens is 283 g/mol. The zero-order valence-corrected chi connectivity index (χ0v) is 11.4. The second-order valence-electron chi connectivity index (χ2n) is 4.75. The van der Waals surface area contributed by atoms with E-state index >= 15 is 0 Å². The smallest absolute Gasteiger partial charge is 0.416 e. The van der Waals surface area contributed by atoms with Crippen molar-refractivity contribution < 1.29 is 22.7 Å². The zero-order valence-electron chi connectivity index (χ0n) is 11.4. The Labute approximate surface area is 120 Å². The van der Waals surface area contributed by atoms with Gasteiger partial charge in [-0.05, 0) is 36.8 Å². The van der Waals surface area contributed by atoms with Crippen molar-refractivity contribution in [3.05, 3.63) is 59.0 Å². The van der Waals surface area contributed by atoms with Crippen molar-refractivity contribution in [2.45, 2.75) is 32.3 Å². The Hall–Kier alpha value is -1.79. The third-order valence-electron chi connectivity index (χ3n) is 3.17. The number of halogens is 3. The summed E-state index contributed by atoms with van der Waals surface area (Å²) in [5.41, 5.74) is -0.104. The van der Waals surface area contributed by atoms with Crippen LogP contribution < -0.4 is 5.32 Å². The second kappa shape index (κ2) is 6.32. The van der Waals surface area contributed by atoms with Gasteiger partial charge in [-0.1, -0.05) is 12.1 Å². The first-order valence-corrected chi connectivity index (χ1v) is 6.49. The molecule has 0 saturated heterocycles. The number of rotatable bonds is 5. The normalized spacial score (nSPS) is 13.4. The molecule has 1 unspecified atom stereocenters. The Morgan fingerprint density at radius 3 is 2.52 bits per heavy atom. The zero-order chi connectivity index (χ0) is 15.5. The van der Waals surface area contributed by atoms with Crippen LogP contribution in [0.2, 0.25) is 0 Å². The number of hydrogen-bond acceptors (Lipinski definition) is 3. The number of hydrogen-bond donors (Lipinski definition) is 2. The van der Waals surface area contributed by atoms with E-state index in [1.54, 1.807) is 25.1 Å². The van der Waals surface area contributed by atoms with Crippen molar-refractivity contribution in [2.24, 2.45) is 0 Å². The van der Waals surface area contributed by atoms with Gasteiger partial charge in [0.1, 0.15) is 18.1 Å². The van der Waals surface area contributed by atoms with Gasteiger partial charge in [-0.25, -0.2) is 0 Å². The largest absolute Gasteiger partial charge is 0.462 e. The highest BCUT2D eigenvalue weighted by Gasteiger charge is 2.30. The van der Waals surface area contributed by atoms with E-state index in [0.717, 1.165) is 12.1 Å². The van der Waals surface area contributed by atoms with E-state index in [-0.39, 0.29) is 12.6 Å². The average molecular weight is 299 g/mol. The maximum Gasteiger partial charge on any atom is 0.416 e. The molecule has 0 saturated carbocycles. The molecule has 0 bridgehead atoms. The van der Waals surface area contributed by atoms with Crippen molar-refractivity contribution in [3.8, 4) is 0 Å². The van der Waals surface area contributed by atoms with Crippen LogP contribution in [0.15, 0.2) is 40.8 Å². The van der Waals surface area contributed by atoms with Gasteiger partial charge in [-0.15, -0.1) is 0 Å². The summed E-state index contributed by atoms with van der Waals surface area (Å²) in [6.45, 7) is 1.98. The Kier molecular flexibility index (Phi) is 4.69. The molecule has 6 heteroatoms. The Morgan fingerprint density at radius 1 is 1.19 bits per heavy atom. The van der Waals surface area contributed by atoms with Crippen LogP contribution in [0.5, 0.6) is 0 Å². The maximum atomic E-state index is 12.7. The summed E-state index contributed by atoms with van der Waals surface area (Å²) in [5, 5.41) is 12.0. The summed E-state index contributed by atoms with van der Waals surface area (Å²) < 4.78 is 43.3. The third-order valence-corrected chi connectivity index (χ3v) is 3.17. The minimum absolute atomic E-state index is 0.177. The quantitative estimate of drug-likeness (QED) is 0.886. The number of aliphatic hydroxyl groups is 1. The molecule has 114 valence electrons. The highest BCUT2D eigenvalue weighted by molar-refractivity contribution is 5.27. The number of furan rings is 1. The van der Waals surface area contributed by atoms with Gasteiger partial charge in [-0.2, -0.15) is 13.2 Å². The highest BCUT2D eigenvalue weighted by Crippen LogP contribution is 2.30. The highest BCUT2D eigenvalue weighted by atomic mass is 19.4. The van der Waals surface area contributed by atoms with Crippen molar-refractivity contribution >= 4 is 0 Å². The van der Waals surface area contributed by atoms with Gasteiger partial charge in [0, 0.05) is 6.04 Å². The molecule has 0 fully saturated rings. The molecule has 1 aromatic heterocycles. The van der Waals surface area contributed by atoms with Crippen molar-refractivity contribution in [3.63, 3.8) is 0 Å².